The molecule has 1 fully saturated rings. The monoisotopic (exact) mass is 361 g/mol. The van der Waals surface area contributed by atoms with E-state index in [-0.39, 0.29) is 22.8 Å². The van der Waals surface area contributed by atoms with E-state index in [0.717, 1.165) is 18.5 Å². The van der Waals surface area contributed by atoms with Gasteiger partial charge in [0.15, 0.2) is 5.11 Å². The van der Waals surface area contributed by atoms with Gasteiger partial charge in [-0.15, -0.1) is 0 Å². The lowest BCUT2D eigenvalue weighted by Crippen LogP contribution is -2.36. The van der Waals surface area contributed by atoms with Crippen molar-refractivity contribution in [2.24, 2.45) is 5.92 Å². The van der Waals surface area contributed by atoms with E-state index in [1.54, 1.807) is 24.3 Å². The molecule has 0 bridgehead atoms. The van der Waals surface area contributed by atoms with E-state index < -0.39 is 0 Å². The van der Waals surface area contributed by atoms with Crippen molar-refractivity contribution in [3.63, 3.8) is 0 Å². The number of benzene rings is 1. The smallest absolute Gasteiger partial charge is 0.251 e. The summed E-state index contributed by atoms with van der Waals surface area (Å²) < 4.78 is 0. The molecule has 0 aliphatic heterocycles. The summed E-state index contributed by atoms with van der Waals surface area (Å²) in [6.45, 7) is 3.96. The minimum Gasteiger partial charge on any atom is -0.349 e. The Labute approximate surface area is 155 Å². The van der Waals surface area contributed by atoms with Crippen LogP contribution in [0.4, 0.5) is 5.69 Å². The zero-order valence-electron chi connectivity index (χ0n) is 14.9. The first-order valence-corrected chi connectivity index (χ1v) is 9.36. The van der Waals surface area contributed by atoms with E-state index >= 15 is 0 Å². The molecule has 5 nitrogen and oxygen atoms in total. The Bertz CT molecular complexity index is 608. The van der Waals surface area contributed by atoms with Gasteiger partial charge in [-0.3, -0.25) is 9.59 Å². The normalized spacial score (nSPS) is 14.8. The van der Waals surface area contributed by atoms with E-state index in [4.69, 9.17) is 12.2 Å². The van der Waals surface area contributed by atoms with Gasteiger partial charge < -0.3 is 16.0 Å². The highest BCUT2D eigenvalue weighted by atomic mass is 32.1. The molecule has 0 saturated heterocycles. The number of anilines is 1. The molecule has 1 aromatic rings. The third-order valence-electron chi connectivity index (χ3n) is 4.19. The van der Waals surface area contributed by atoms with Gasteiger partial charge >= 0.3 is 0 Å². The standard InChI is InChI=1S/C19H27N3O2S/c1-13(2)12-17(23)22-19(25)21-16-10-8-14(9-11-16)18(24)20-15-6-4-3-5-7-15/h8-11,13,15H,3-7,12H2,1-2H3,(H,20,24)(H2,21,22,23,25). The molecule has 0 atom stereocenters. The van der Waals surface area contributed by atoms with E-state index in [9.17, 15) is 9.59 Å². The van der Waals surface area contributed by atoms with Gasteiger partial charge in [-0.25, -0.2) is 0 Å². The van der Waals surface area contributed by atoms with Gasteiger partial charge in [-0.2, -0.15) is 0 Å². The molecular weight excluding hydrogens is 334 g/mol. The van der Waals surface area contributed by atoms with Gasteiger partial charge in [0, 0.05) is 23.7 Å². The first kappa shape index (κ1) is 19.4. The van der Waals surface area contributed by atoms with Crippen LogP contribution in [0, 0.1) is 5.92 Å². The quantitative estimate of drug-likeness (QED) is 0.701. The molecule has 2 amide bonds. The first-order valence-electron chi connectivity index (χ1n) is 8.96. The molecule has 1 aliphatic carbocycles. The fourth-order valence-electron chi connectivity index (χ4n) is 2.93. The van der Waals surface area contributed by atoms with Crippen LogP contribution in [0.3, 0.4) is 0 Å². The predicted octanol–water partition coefficient (Wildman–Crippen LogP) is 3.61. The number of rotatable bonds is 5. The van der Waals surface area contributed by atoms with Gasteiger partial charge in [-0.05, 0) is 55.2 Å². The number of hydrogen-bond donors (Lipinski definition) is 3. The van der Waals surface area contributed by atoms with Crippen molar-refractivity contribution in [3.05, 3.63) is 29.8 Å². The number of hydrogen-bond acceptors (Lipinski definition) is 3. The van der Waals surface area contributed by atoms with Crippen LogP contribution in [0.5, 0.6) is 0 Å². The molecule has 1 aromatic carbocycles. The molecule has 1 saturated carbocycles. The molecule has 1 aliphatic rings. The number of nitrogens with one attached hydrogen (secondary N) is 3. The minimum absolute atomic E-state index is 0.0359. The van der Waals surface area contributed by atoms with Crippen LogP contribution >= 0.6 is 12.2 Å². The van der Waals surface area contributed by atoms with Crippen LogP contribution in [0.1, 0.15) is 62.7 Å². The van der Waals surface area contributed by atoms with Crippen molar-refractivity contribution < 1.29 is 9.59 Å². The molecule has 6 heteroatoms. The highest BCUT2D eigenvalue weighted by molar-refractivity contribution is 7.80. The molecule has 0 radical (unpaired) electrons. The van der Waals surface area contributed by atoms with Gasteiger partial charge in [0.05, 0.1) is 0 Å². The van der Waals surface area contributed by atoms with Crippen molar-refractivity contribution in [1.29, 1.82) is 0 Å². The maximum atomic E-state index is 12.3. The third kappa shape index (κ3) is 6.82. The Morgan fingerprint density at radius 3 is 2.36 bits per heavy atom. The van der Waals surface area contributed by atoms with Crippen molar-refractivity contribution in [2.75, 3.05) is 5.32 Å². The Morgan fingerprint density at radius 2 is 1.76 bits per heavy atom. The zero-order chi connectivity index (χ0) is 18.2. The van der Waals surface area contributed by atoms with Crippen LogP contribution in [0.2, 0.25) is 0 Å². The van der Waals surface area contributed by atoms with E-state index in [1.807, 2.05) is 13.8 Å². The molecule has 0 heterocycles. The largest absolute Gasteiger partial charge is 0.349 e. The van der Waals surface area contributed by atoms with Crippen LogP contribution in [0.15, 0.2) is 24.3 Å². The lowest BCUT2D eigenvalue weighted by atomic mass is 9.95. The predicted molar refractivity (Wildman–Crippen MR) is 105 cm³/mol. The fraction of sp³-hybridized carbons (Fsp3) is 0.526. The maximum Gasteiger partial charge on any atom is 0.251 e. The summed E-state index contributed by atoms with van der Waals surface area (Å²) in [5, 5.41) is 8.98. The van der Waals surface area contributed by atoms with Crippen LogP contribution < -0.4 is 16.0 Å². The second-order valence-corrected chi connectivity index (χ2v) is 7.39. The number of carbonyl (C=O) groups excluding carboxylic acids is 2. The summed E-state index contributed by atoms with van der Waals surface area (Å²) in [7, 11) is 0. The lowest BCUT2D eigenvalue weighted by Gasteiger charge is -2.22. The van der Waals surface area contributed by atoms with Gasteiger partial charge in [-0.1, -0.05) is 33.1 Å². The lowest BCUT2D eigenvalue weighted by molar-refractivity contribution is -0.120. The minimum atomic E-state index is -0.101. The summed E-state index contributed by atoms with van der Waals surface area (Å²) in [6.07, 6.45) is 6.20. The van der Waals surface area contributed by atoms with Crippen LogP contribution in [-0.4, -0.2) is 23.0 Å². The average molecular weight is 362 g/mol. The van der Waals surface area contributed by atoms with E-state index in [0.29, 0.717) is 18.0 Å². The van der Waals surface area contributed by atoms with Crippen molar-refractivity contribution >= 4 is 34.8 Å². The molecule has 0 unspecified atom stereocenters. The van der Waals surface area contributed by atoms with Crippen LogP contribution in [0.25, 0.3) is 0 Å². The Kier molecular flexibility index (Phi) is 7.37. The second kappa shape index (κ2) is 9.51. The summed E-state index contributed by atoms with van der Waals surface area (Å²) in [4.78, 5) is 24.0. The second-order valence-electron chi connectivity index (χ2n) is 6.99. The highest BCUT2D eigenvalue weighted by Gasteiger charge is 2.16. The summed E-state index contributed by atoms with van der Waals surface area (Å²) in [5.41, 5.74) is 1.37. The molecule has 3 N–H and O–H groups in total. The number of carbonyl (C=O) groups is 2. The topological polar surface area (TPSA) is 70.2 Å². The Hall–Kier alpha value is -1.95. The third-order valence-corrected chi connectivity index (χ3v) is 4.40. The maximum absolute atomic E-state index is 12.3. The number of thiocarbonyl (C=S) groups is 1. The Morgan fingerprint density at radius 1 is 1.12 bits per heavy atom. The molecule has 0 spiro atoms. The summed E-state index contributed by atoms with van der Waals surface area (Å²) >= 11 is 5.14. The van der Waals surface area contributed by atoms with E-state index in [2.05, 4.69) is 16.0 Å². The van der Waals surface area contributed by atoms with Gasteiger partial charge in [0.1, 0.15) is 0 Å². The molecular formula is C19H27N3O2S. The van der Waals surface area contributed by atoms with Crippen molar-refractivity contribution in [1.82, 2.24) is 10.6 Å². The van der Waals surface area contributed by atoms with Gasteiger partial charge in [0.2, 0.25) is 5.91 Å². The summed E-state index contributed by atoms with van der Waals surface area (Å²) in [5.74, 6) is 0.145. The zero-order valence-corrected chi connectivity index (χ0v) is 15.7. The number of amides is 2. The summed E-state index contributed by atoms with van der Waals surface area (Å²) in [6, 6.07) is 7.40. The average Bonchev–Trinajstić information content (AvgIpc) is 2.55. The van der Waals surface area contributed by atoms with E-state index in [1.165, 1.54) is 19.3 Å². The molecule has 25 heavy (non-hydrogen) atoms. The molecule has 136 valence electrons. The Balaban J connectivity index is 1.83. The first-order chi connectivity index (χ1) is 11.9. The van der Waals surface area contributed by atoms with Crippen molar-refractivity contribution in [3.8, 4) is 0 Å². The molecule has 0 aromatic heterocycles. The van der Waals surface area contributed by atoms with Crippen LogP contribution in [-0.2, 0) is 4.79 Å². The SMILES string of the molecule is CC(C)CC(=O)NC(=S)Nc1ccc(C(=O)NC2CCCCC2)cc1. The highest BCUT2D eigenvalue weighted by Crippen LogP contribution is 2.18. The molecule has 2 rings (SSSR count). The van der Waals surface area contributed by atoms with Gasteiger partial charge in [0.25, 0.3) is 5.91 Å². The fourth-order valence-corrected chi connectivity index (χ4v) is 3.16. The van der Waals surface area contributed by atoms with Crippen molar-refractivity contribution in [2.45, 2.75) is 58.4 Å².